The third kappa shape index (κ3) is 3.78. The molecule has 0 radical (unpaired) electrons. The summed E-state index contributed by atoms with van der Waals surface area (Å²) in [5.41, 5.74) is 1.77. The van der Waals surface area contributed by atoms with Gasteiger partial charge in [0.1, 0.15) is 11.7 Å². The molecule has 1 saturated heterocycles. The fourth-order valence-electron chi connectivity index (χ4n) is 3.34. The molecule has 0 bridgehead atoms. The largest absolute Gasteiger partial charge is 0.355 e. The Kier molecular flexibility index (Phi) is 5.14. The molecule has 142 valence electrons. The van der Waals surface area contributed by atoms with E-state index in [1.54, 1.807) is 4.90 Å². The van der Waals surface area contributed by atoms with Gasteiger partial charge < -0.3 is 10.2 Å². The molecular formula is C21H21N5O2. The Morgan fingerprint density at radius 3 is 2.57 bits per heavy atom. The normalized spacial score (nSPS) is 16.4. The quantitative estimate of drug-likeness (QED) is 0.646. The first kappa shape index (κ1) is 17.9. The molecule has 3 aromatic rings. The SMILES string of the molecule is O=C(NCCc1nc(-c2ccccc2)n[nH]1)[C@H]1CCN(c2ccccc2)C1=O. The number of hydrogen-bond acceptors (Lipinski definition) is 4. The predicted octanol–water partition coefficient (Wildman–Crippen LogP) is 2.18. The highest BCUT2D eigenvalue weighted by Gasteiger charge is 2.37. The number of aromatic amines is 1. The van der Waals surface area contributed by atoms with E-state index in [0.29, 0.717) is 37.6 Å². The lowest BCUT2D eigenvalue weighted by Crippen LogP contribution is -2.37. The van der Waals surface area contributed by atoms with Crippen LogP contribution in [0.4, 0.5) is 5.69 Å². The van der Waals surface area contributed by atoms with Crippen molar-refractivity contribution in [2.75, 3.05) is 18.0 Å². The Morgan fingerprint density at radius 1 is 1.11 bits per heavy atom. The average molecular weight is 375 g/mol. The fraction of sp³-hybridized carbons (Fsp3) is 0.238. The average Bonchev–Trinajstić information content (AvgIpc) is 3.36. The molecule has 2 amide bonds. The zero-order chi connectivity index (χ0) is 19.3. The van der Waals surface area contributed by atoms with Gasteiger partial charge in [-0.2, -0.15) is 5.10 Å². The summed E-state index contributed by atoms with van der Waals surface area (Å²) >= 11 is 0. The maximum absolute atomic E-state index is 12.6. The standard InChI is InChI=1S/C21H21N5O2/c27-20(17-12-14-26(21(17)28)16-9-5-2-6-10-16)22-13-11-18-23-19(25-24-18)15-7-3-1-4-8-15/h1-10,17H,11-14H2,(H,22,27)(H,23,24,25)/t17-/m1/s1. The van der Waals surface area contributed by atoms with Crippen LogP contribution in [0.1, 0.15) is 12.2 Å². The van der Waals surface area contributed by atoms with Crippen molar-refractivity contribution in [2.24, 2.45) is 5.92 Å². The van der Waals surface area contributed by atoms with Gasteiger partial charge in [-0.1, -0.05) is 48.5 Å². The van der Waals surface area contributed by atoms with E-state index in [-0.39, 0.29) is 11.8 Å². The number of aromatic nitrogens is 3. The molecular weight excluding hydrogens is 354 g/mol. The molecule has 0 spiro atoms. The van der Waals surface area contributed by atoms with Gasteiger partial charge in [0.25, 0.3) is 0 Å². The van der Waals surface area contributed by atoms with Crippen LogP contribution in [0.25, 0.3) is 11.4 Å². The second-order valence-corrected chi connectivity index (χ2v) is 6.68. The number of H-pyrrole nitrogens is 1. The number of carbonyl (C=O) groups is 2. The van der Waals surface area contributed by atoms with Gasteiger partial charge in [-0.15, -0.1) is 0 Å². The Balaban J connectivity index is 1.29. The summed E-state index contributed by atoms with van der Waals surface area (Å²) in [7, 11) is 0. The Bertz CT molecular complexity index is 955. The highest BCUT2D eigenvalue weighted by atomic mass is 16.2. The summed E-state index contributed by atoms with van der Waals surface area (Å²) in [6.45, 7) is 0.959. The molecule has 0 aliphatic carbocycles. The van der Waals surface area contributed by atoms with Crippen molar-refractivity contribution in [1.29, 1.82) is 0 Å². The van der Waals surface area contributed by atoms with Crippen molar-refractivity contribution in [3.05, 3.63) is 66.5 Å². The predicted molar refractivity (Wildman–Crippen MR) is 105 cm³/mol. The second kappa shape index (κ2) is 8.04. The maximum atomic E-state index is 12.6. The summed E-state index contributed by atoms with van der Waals surface area (Å²) in [5, 5.41) is 9.96. The highest BCUT2D eigenvalue weighted by Crippen LogP contribution is 2.25. The van der Waals surface area contributed by atoms with Crippen molar-refractivity contribution in [1.82, 2.24) is 20.5 Å². The van der Waals surface area contributed by atoms with E-state index >= 15 is 0 Å². The van der Waals surface area contributed by atoms with Crippen LogP contribution < -0.4 is 10.2 Å². The monoisotopic (exact) mass is 375 g/mol. The Hall–Kier alpha value is -3.48. The summed E-state index contributed by atoms with van der Waals surface area (Å²) in [6.07, 6.45) is 1.05. The van der Waals surface area contributed by atoms with Crippen molar-refractivity contribution >= 4 is 17.5 Å². The van der Waals surface area contributed by atoms with Gasteiger partial charge >= 0.3 is 0 Å². The third-order valence-electron chi connectivity index (χ3n) is 4.81. The summed E-state index contributed by atoms with van der Waals surface area (Å²) in [5.74, 6) is 0.324. The molecule has 0 saturated carbocycles. The number of para-hydroxylation sites is 1. The summed E-state index contributed by atoms with van der Waals surface area (Å²) in [6, 6.07) is 19.1. The van der Waals surface area contributed by atoms with Crippen LogP contribution in [-0.4, -0.2) is 40.1 Å². The Labute approximate surface area is 162 Å². The molecule has 1 fully saturated rings. The first-order chi connectivity index (χ1) is 13.7. The minimum Gasteiger partial charge on any atom is -0.355 e. The van der Waals surface area contributed by atoms with Gasteiger partial charge in [0, 0.05) is 30.8 Å². The van der Waals surface area contributed by atoms with E-state index in [1.807, 2.05) is 60.7 Å². The summed E-state index contributed by atoms with van der Waals surface area (Å²) in [4.78, 5) is 31.1. The summed E-state index contributed by atoms with van der Waals surface area (Å²) < 4.78 is 0. The molecule has 2 heterocycles. The van der Waals surface area contributed by atoms with Crippen LogP contribution in [0.2, 0.25) is 0 Å². The van der Waals surface area contributed by atoms with Gasteiger partial charge in [0.2, 0.25) is 11.8 Å². The van der Waals surface area contributed by atoms with Crippen LogP contribution >= 0.6 is 0 Å². The van der Waals surface area contributed by atoms with Crippen molar-refractivity contribution in [3.8, 4) is 11.4 Å². The molecule has 2 N–H and O–H groups in total. The fourth-order valence-corrected chi connectivity index (χ4v) is 3.34. The third-order valence-corrected chi connectivity index (χ3v) is 4.81. The van der Waals surface area contributed by atoms with Crippen LogP contribution in [-0.2, 0) is 16.0 Å². The minimum atomic E-state index is -0.630. The van der Waals surface area contributed by atoms with E-state index in [9.17, 15) is 9.59 Å². The van der Waals surface area contributed by atoms with E-state index in [0.717, 1.165) is 11.3 Å². The number of carbonyl (C=O) groups excluding carboxylic acids is 2. The highest BCUT2D eigenvalue weighted by molar-refractivity contribution is 6.09. The van der Waals surface area contributed by atoms with Gasteiger partial charge in [-0.3, -0.25) is 14.7 Å². The molecule has 7 nitrogen and oxygen atoms in total. The van der Waals surface area contributed by atoms with E-state index in [1.165, 1.54) is 0 Å². The van der Waals surface area contributed by atoms with Crippen LogP contribution in [0.3, 0.4) is 0 Å². The van der Waals surface area contributed by atoms with E-state index < -0.39 is 5.92 Å². The van der Waals surface area contributed by atoms with Crippen LogP contribution in [0.15, 0.2) is 60.7 Å². The first-order valence-electron chi connectivity index (χ1n) is 9.33. The minimum absolute atomic E-state index is 0.144. The molecule has 7 heteroatoms. The van der Waals surface area contributed by atoms with Crippen LogP contribution in [0, 0.1) is 5.92 Å². The van der Waals surface area contributed by atoms with Gasteiger partial charge in [0.05, 0.1) is 0 Å². The Morgan fingerprint density at radius 2 is 1.82 bits per heavy atom. The molecule has 1 aliphatic rings. The molecule has 0 unspecified atom stereocenters. The van der Waals surface area contributed by atoms with Gasteiger partial charge in [-0.25, -0.2) is 4.98 Å². The molecule has 2 aromatic carbocycles. The smallest absolute Gasteiger partial charge is 0.239 e. The number of nitrogens with zero attached hydrogens (tertiary/aromatic N) is 3. The van der Waals surface area contributed by atoms with Crippen molar-refractivity contribution in [2.45, 2.75) is 12.8 Å². The molecule has 1 aliphatic heterocycles. The number of anilines is 1. The zero-order valence-corrected chi connectivity index (χ0v) is 15.3. The maximum Gasteiger partial charge on any atom is 0.239 e. The number of hydrogen-bond donors (Lipinski definition) is 2. The molecule has 1 atom stereocenters. The van der Waals surface area contributed by atoms with Crippen molar-refractivity contribution < 1.29 is 9.59 Å². The van der Waals surface area contributed by atoms with E-state index in [2.05, 4.69) is 20.5 Å². The first-order valence-corrected chi connectivity index (χ1v) is 9.33. The number of nitrogens with one attached hydrogen (secondary N) is 2. The lowest BCUT2D eigenvalue weighted by Gasteiger charge is -2.16. The number of rotatable bonds is 6. The number of amides is 2. The lowest BCUT2D eigenvalue weighted by molar-refractivity contribution is -0.132. The van der Waals surface area contributed by atoms with Crippen molar-refractivity contribution in [3.63, 3.8) is 0 Å². The van der Waals surface area contributed by atoms with Gasteiger partial charge in [0.15, 0.2) is 5.82 Å². The van der Waals surface area contributed by atoms with Gasteiger partial charge in [-0.05, 0) is 18.6 Å². The molecule has 4 rings (SSSR count). The molecule has 28 heavy (non-hydrogen) atoms. The second-order valence-electron chi connectivity index (χ2n) is 6.68. The number of benzene rings is 2. The topological polar surface area (TPSA) is 91.0 Å². The zero-order valence-electron chi connectivity index (χ0n) is 15.3. The van der Waals surface area contributed by atoms with E-state index in [4.69, 9.17) is 0 Å². The molecule has 1 aromatic heterocycles. The van der Waals surface area contributed by atoms with Crippen LogP contribution in [0.5, 0.6) is 0 Å². The lowest BCUT2D eigenvalue weighted by atomic mass is 10.1.